The predicted octanol–water partition coefficient (Wildman–Crippen LogP) is -0.415. The monoisotopic (exact) mass is 416 g/mol. The molecule has 0 unspecified atom stereocenters. The zero-order valence-electron chi connectivity index (χ0n) is 16.5. The van der Waals surface area contributed by atoms with E-state index in [-0.39, 0.29) is 6.61 Å². The van der Waals surface area contributed by atoms with Crippen LogP contribution < -0.4 is 10.2 Å². The summed E-state index contributed by atoms with van der Waals surface area (Å²) in [6.45, 7) is 5.36. The molecule has 1 saturated heterocycles. The first kappa shape index (κ1) is 19.9. The van der Waals surface area contributed by atoms with Gasteiger partial charge in [-0.2, -0.15) is 16.9 Å². The maximum Gasteiger partial charge on any atom is 0.315 e. The van der Waals surface area contributed by atoms with Crippen molar-refractivity contribution in [3.8, 4) is 5.69 Å². The molecule has 0 saturated carbocycles. The molecule has 1 fully saturated rings. The van der Waals surface area contributed by atoms with Gasteiger partial charge in [0, 0.05) is 17.1 Å². The zero-order chi connectivity index (χ0) is 20.4. The van der Waals surface area contributed by atoms with Gasteiger partial charge >= 0.3 is 11.8 Å². The molecule has 2 aliphatic heterocycles. The van der Waals surface area contributed by atoms with Gasteiger partial charge in [-0.25, -0.2) is 4.68 Å². The van der Waals surface area contributed by atoms with Crippen LogP contribution in [0.1, 0.15) is 16.8 Å². The molecule has 2 amide bonds. The Bertz CT molecular complexity index is 904. The number of nitrogens with one attached hydrogen (secondary N) is 2. The lowest BCUT2D eigenvalue weighted by molar-refractivity contribution is -0.904. The summed E-state index contributed by atoms with van der Waals surface area (Å²) in [6, 6.07) is 7.93. The van der Waals surface area contributed by atoms with Gasteiger partial charge in [-0.05, 0) is 19.1 Å². The van der Waals surface area contributed by atoms with Crippen LogP contribution in [0, 0.1) is 6.92 Å². The number of aryl methyl sites for hydroxylation is 1. The van der Waals surface area contributed by atoms with Gasteiger partial charge in [0.15, 0.2) is 0 Å². The first-order chi connectivity index (χ1) is 14.1. The van der Waals surface area contributed by atoms with Gasteiger partial charge in [0.05, 0.1) is 44.2 Å². The number of nitrogens with zero attached hydrogens (tertiary/aromatic N) is 3. The molecule has 3 N–H and O–H groups in total. The summed E-state index contributed by atoms with van der Waals surface area (Å²) in [6.07, 6.45) is 0. The van der Waals surface area contributed by atoms with Crippen molar-refractivity contribution in [1.29, 1.82) is 0 Å². The molecule has 0 radical (unpaired) electrons. The van der Waals surface area contributed by atoms with Crippen LogP contribution in [0.2, 0.25) is 0 Å². The van der Waals surface area contributed by atoms with Crippen molar-refractivity contribution < 1.29 is 19.6 Å². The Morgan fingerprint density at radius 2 is 1.93 bits per heavy atom. The predicted molar refractivity (Wildman–Crippen MR) is 111 cm³/mol. The number of aliphatic hydroxyl groups is 1. The van der Waals surface area contributed by atoms with E-state index >= 15 is 0 Å². The highest BCUT2D eigenvalue weighted by Gasteiger charge is 2.30. The number of fused-ring (bicyclic) bond motifs is 1. The number of carbonyl (C=O) groups excluding carboxylic acids is 2. The van der Waals surface area contributed by atoms with Gasteiger partial charge in [-0.1, -0.05) is 17.7 Å². The summed E-state index contributed by atoms with van der Waals surface area (Å²) >= 11 is 1.75. The molecule has 1 aromatic carbocycles. The molecule has 2 aromatic rings. The van der Waals surface area contributed by atoms with Crippen LogP contribution in [0.15, 0.2) is 24.3 Å². The Morgan fingerprint density at radius 3 is 2.62 bits per heavy atom. The van der Waals surface area contributed by atoms with Crippen molar-refractivity contribution in [2.45, 2.75) is 18.4 Å². The maximum atomic E-state index is 12.8. The second-order valence-electron chi connectivity index (χ2n) is 7.48. The number of aliphatic hydroxyl groups excluding tert-OH is 1. The summed E-state index contributed by atoms with van der Waals surface area (Å²) in [5.74, 6) is 1.04. The smallest absolute Gasteiger partial charge is 0.315 e. The second kappa shape index (κ2) is 8.56. The molecular weight excluding hydrogens is 390 g/mol. The number of benzene rings is 1. The quantitative estimate of drug-likeness (QED) is 0.589. The summed E-state index contributed by atoms with van der Waals surface area (Å²) in [5, 5.41) is 16.6. The van der Waals surface area contributed by atoms with Crippen LogP contribution in [-0.2, 0) is 21.1 Å². The number of piperazine rings is 1. The van der Waals surface area contributed by atoms with Crippen LogP contribution in [0.3, 0.4) is 0 Å². The Balaban J connectivity index is 1.51. The Labute approximate surface area is 173 Å². The molecule has 8 nitrogen and oxygen atoms in total. The standard InChI is InChI=1S/C20H25N5O3S/c1-14-2-4-15(5-3-14)25-18(16-12-29-13-17(16)22-25)21-19(27)20(28)24-8-6-23(7-9-24)10-11-26/h2-5,26H,6-13H2,1H3,(H,21,27)/p+1. The number of hydrogen-bond acceptors (Lipinski definition) is 5. The number of quaternary nitrogens is 1. The minimum Gasteiger partial charge on any atom is -0.391 e. The Hall–Kier alpha value is -2.36. The maximum absolute atomic E-state index is 12.8. The first-order valence-electron chi connectivity index (χ1n) is 9.87. The summed E-state index contributed by atoms with van der Waals surface area (Å²) in [5.41, 5.74) is 3.96. The number of thioether (sulfide) groups is 1. The van der Waals surface area contributed by atoms with Crippen LogP contribution in [0.4, 0.5) is 5.82 Å². The summed E-state index contributed by atoms with van der Waals surface area (Å²) in [4.78, 5) is 28.3. The van der Waals surface area contributed by atoms with Crippen LogP contribution in [0.25, 0.3) is 5.69 Å². The molecule has 0 bridgehead atoms. The van der Waals surface area contributed by atoms with Gasteiger partial charge < -0.3 is 20.2 Å². The molecule has 1 aromatic heterocycles. The topological polar surface area (TPSA) is 91.9 Å². The van der Waals surface area contributed by atoms with Crippen molar-refractivity contribution in [1.82, 2.24) is 14.7 Å². The van der Waals surface area contributed by atoms with Crippen LogP contribution >= 0.6 is 11.8 Å². The lowest BCUT2D eigenvalue weighted by Crippen LogP contribution is -3.15. The Morgan fingerprint density at radius 1 is 1.21 bits per heavy atom. The van der Waals surface area contributed by atoms with E-state index < -0.39 is 11.8 Å². The number of amides is 2. The number of hydrogen-bond donors (Lipinski definition) is 3. The van der Waals surface area contributed by atoms with Gasteiger partial charge in [0.25, 0.3) is 0 Å². The van der Waals surface area contributed by atoms with Crippen molar-refractivity contribution in [3.05, 3.63) is 41.1 Å². The van der Waals surface area contributed by atoms with Gasteiger partial charge in [0.1, 0.15) is 12.4 Å². The second-order valence-corrected chi connectivity index (χ2v) is 8.47. The minimum absolute atomic E-state index is 0.135. The van der Waals surface area contributed by atoms with E-state index in [1.54, 1.807) is 21.3 Å². The molecule has 2 aliphatic rings. The first-order valence-corrected chi connectivity index (χ1v) is 11.0. The highest BCUT2D eigenvalue weighted by atomic mass is 32.2. The summed E-state index contributed by atoms with van der Waals surface area (Å²) < 4.78 is 1.73. The molecule has 4 rings (SSSR count). The van der Waals surface area contributed by atoms with Gasteiger partial charge in [0.2, 0.25) is 0 Å². The van der Waals surface area contributed by atoms with E-state index in [1.807, 2.05) is 31.2 Å². The highest BCUT2D eigenvalue weighted by Crippen LogP contribution is 2.36. The lowest BCUT2D eigenvalue weighted by Gasteiger charge is -2.31. The van der Waals surface area contributed by atoms with E-state index in [9.17, 15) is 9.59 Å². The number of carbonyl (C=O) groups is 2. The average Bonchev–Trinajstić information content (AvgIpc) is 3.31. The van der Waals surface area contributed by atoms with Crippen molar-refractivity contribution in [3.63, 3.8) is 0 Å². The third-order valence-electron chi connectivity index (χ3n) is 5.48. The number of anilines is 1. The SMILES string of the molecule is Cc1ccc(-n2nc3c(c2NC(=O)C(=O)N2CC[NH+](CCO)CC2)CSC3)cc1. The fraction of sp³-hybridized carbons (Fsp3) is 0.450. The van der Waals surface area contributed by atoms with E-state index in [1.165, 1.54) is 4.90 Å². The lowest BCUT2D eigenvalue weighted by atomic mass is 10.2. The van der Waals surface area contributed by atoms with Crippen molar-refractivity contribution in [2.75, 3.05) is 44.6 Å². The Kier molecular flexibility index (Phi) is 5.89. The van der Waals surface area contributed by atoms with Crippen LogP contribution in [0.5, 0.6) is 0 Å². The van der Waals surface area contributed by atoms with Gasteiger partial charge in [-0.3, -0.25) is 9.59 Å². The third kappa shape index (κ3) is 4.17. The molecule has 29 heavy (non-hydrogen) atoms. The highest BCUT2D eigenvalue weighted by molar-refractivity contribution is 7.98. The molecule has 0 aliphatic carbocycles. The summed E-state index contributed by atoms with van der Waals surface area (Å²) in [7, 11) is 0. The molecule has 0 atom stereocenters. The molecule has 9 heteroatoms. The van der Waals surface area contributed by atoms with Crippen molar-refractivity contribution >= 4 is 29.4 Å². The molecule has 0 spiro atoms. The molecule has 154 valence electrons. The molecule has 3 heterocycles. The van der Waals surface area contributed by atoms with E-state index in [0.717, 1.165) is 47.1 Å². The van der Waals surface area contributed by atoms with Crippen LogP contribution in [-0.4, -0.2) is 70.9 Å². The zero-order valence-corrected chi connectivity index (χ0v) is 17.3. The number of aromatic nitrogens is 2. The fourth-order valence-corrected chi connectivity index (χ4v) is 4.79. The van der Waals surface area contributed by atoms with Crippen molar-refractivity contribution in [2.24, 2.45) is 0 Å². The average molecular weight is 417 g/mol. The van der Waals surface area contributed by atoms with E-state index in [4.69, 9.17) is 5.11 Å². The minimum atomic E-state index is -0.622. The van der Waals surface area contributed by atoms with Gasteiger partial charge in [-0.15, -0.1) is 0 Å². The van der Waals surface area contributed by atoms with E-state index in [2.05, 4.69) is 10.4 Å². The number of rotatable bonds is 4. The third-order valence-corrected chi connectivity index (χ3v) is 6.45. The molecular formula is C20H26N5O3S+. The van der Waals surface area contributed by atoms with E-state index in [0.29, 0.717) is 25.5 Å². The normalized spacial score (nSPS) is 16.7. The fourth-order valence-electron chi connectivity index (χ4n) is 3.75. The largest absolute Gasteiger partial charge is 0.391 e.